The van der Waals surface area contributed by atoms with Crippen molar-refractivity contribution in [1.29, 1.82) is 0 Å². The van der Waals surface area contributed by atoms with Crippen LogP contribution in [0.3, 0.4) is 0 Å². The minimum atomic E-state index is -0.269. The first kappa shape index (κ1) is 14.0. The van der Waals surface area contributed by atoms with E-state index in [1.54, 1.807) is 12.3 Å². The van der Waals surface area contributed by atoms with Crippen LogP contribution in [0.25, 0.3) is 22.0 Å². The second kappa shape index (κ2) is 5.41. The summed E-state index contributed by atoms with van der Waals surface area (Å²) in [5.74, 6) is -0.0265. The van der Waals surface area contributed by atoms with Crippen molar-refractivity contribution in [2.45, 2.75) is 19.8 Å². The molecule has 0 saturated heterocycles. The third-order valence-electron chi connectivity index (χ3n) is 3.52. The standard InChI is InChI=1S/C17H14ClFN2/c1-10(2)14-9-15(18)13-6-7-20-21-17(13)16(14)11-4-3-5-12(19)8-11/h3-10H,1-2H3. The third-order valence-corrected chi connectivity index (χ3v) is 3.83. The molecule has 0 radical (unpaired) electrons. The minimum absolute atomic E-state index is 0.243. The summed E-state index contributed by atoms with van der Waals surface area (Å²) in [4.78, 5) is 0. The fourth-order valence-corrected chi connectivity index (χ4v) is 2.81. The second-order valence-corrected chi connectivity index (χ2v) is 5.69. The van der Waals surface area contributed by atoms with Crippen LogP contribution in [-0.4, -0.2) is 10.2 Å². The Kier molecular flexibility index (Phi) is 3.60. The molecule has 0 bridgehead atoms. The summed E-state index contributed by atoms with van der Waals surface area (Å²) in [5, 5.41) is 9.67. The van der Waals surface area contributed by atoms with Gasteiger partial charge in [-0.25, -0.2) is 4.39 Å². The number of halogens is 2. The number of fused-ring (bicyclic) bond motifs is 1. The van der Waals surface area contributed by atoms with Crippen LogP contribution in [0.1, 0.15) is 25.3 Å². The number of hydrogen-bond donors (Lipinski definition) is 0. The Hall–Kier alpha value is -2.00. The maximum absolute atomic E-state index is 13.6. The zero-order chi connectivity index (χ0) is 15.0. The monoisotopic (exact) mass is 300 g/mol. The lowest BCUT2D eigenvalue weighted by Crippen LogP contribution is -1.97. The molecule has 106 valence electrons. The number of benzene rings is 2. The number of aromatic nitrogens is 2. The Morgan fingerprint density at radius 1 is 1.14 bits per heavy atom. The molecule has 0 amide bonds. The molecule has 0 spiro atoms. The van der Waals surface area contributed by atoms with Crippen LogP contribution < -0.4 is 0 Å². The average molecular weight is 301 g/mol. The van der Waals surface area contributed by atoms with Gasteiger partial charge in [0.15, 0.2) is 0 Å². The van der Waals surface area contributed by atoms with Gasteiger partial charge < -0.3 is 0 Å². The molecule has 1 aromatic heterocycles. The normalized spacial score (nSPS) is 11.3. The average Bonchev–Trinajstić information content (AvgIpc) is 2.47. The van der Waals surface area contributed by atoms with E-state index in [0.717, 1.165) is 22.1 Å². The smallest absolute Gasteiger partial charge is 0.123 e. The van der Waals surface area contributed by atoms with Gasteiger partial charge in [0.1, 0.15) is 11.3 Å². The van der Waals surface area contributed by atoms with E-state index in [9.17, 15) is 4.39 Å². The summed E-state index contributed by atoms with van der Waals surface area (Å²) in [7, 11) is 0. The fraction of sp³-hybridized carbons (Fsp3) is 0.176. The van der Waals surface area contributed by atoms with Crippen LogP contribution in [0, 0.1) is 5.82 Å². The van der Waals surface area contributed by atoms with Crippen molar-refractivity contribution in [3.63, 3.8) is 0 Å². The van der Waals surface area contributed by atoms with E-state index in [4.69, 9.17) is 11.6 Å². The van der Waals surface area contributed by atoms with Gasteiger partial charge >= 0.3 is 0 Å². The SMILES string of the molecule is CC(C)c1cc(Cl)c2ccnnc2c1-c1cccc(F)c1. The molecule has 3 aromatic rings. The Balaban J connectivity index is 2.43. The molecule has 2 aromatic carbocycles. The van der Waals surface area contributed by atoms with Crippen molar-refractivity contribution < 1.29 is 4.39 Å². The van der Waals surface area contributed by atoms with Gasteiger partial charge in [0.2, 0.25) is 0 Å². The van der Waals surface area contributed by atoms with Crippen molar-refractivity contribution in [2.75, 3.05) is 0 Å². The molecule has 4 heteroatoms. The molecular formula is C17H14ClFN2. The van der Waals surface area contributed by atoms with E-state index in [1.165, 1.54) is 12.1 Å². The Morgan fingerprint density at radius 2 is 1.95 bits per heavy atom. The molecule has 0 aliphatic rings. The minimum Gasteiger partial charge on any atom is -0.207 e. The first-order chi connectivity index (χ1) is 10.1. The second-order valence-electron chi connectivity index (χ2n) is 5.28. The molecule has 0 aliphatic carbocycles. The first-order valence-electron chi connectivity index (χ1n) is 6.77. The Bertz CT molecular complexity index is 815. The highest BCUT2D eigenvalue weighted by molar-refractivity contribution is 6.36. The molecule has 1 heterocycles. The van der Waals surface area contributed by atoms with Crippen LogP contribution in [0.5, 0.6) is 0 Å². The van der Waals surface area contributed by atoms with E-state index < -0.39 is 0 Å². The van der Waals surface area contributed by atoms with Crippen molar-refractivity contribution in [1.82, 2.24) is 10.2 Å². The van der Waals surface area contributed by atoms with Crippen LogP contribution in [0.15, 0.2) is 42.6 Å². The van der Waals surface area contributed by atoms with Gasteiger partial charge in [-0.1, -0.05) is 37.6 Å². The molecule has 3 rings (SSSR count). The van der Waals surface area contributed by atoms with Crippen molar-refractivity contribution in [2.24, 2.45) is 0 Å². The van der Waals surface area contributed by atoms with Crippen LogP contribution in [0.2, 0.25) is 5.02 Å². The van der Waals surface area contributed by atoms with E-state index >= 15 is 0 Å². The lowest BCUT2D eigenvalue weighted by atomic mass is 9.90. The molecule has 21 heavy (non-hydrogen) atoms. The quantitative estimate of drug-likeness (QED) is 0.649. The van der Waals surface area contributed by atoms with Crippen molar-refractivity contribution in [3.8, 4) is 11.1 Å². The first-order valence-corrected chi connectivity index (χ1v) is 7.15. The molecule has 0 saturated carbocycles. The van der Waals surface area contributed by atoms with Gasteiger partial charge in [-0.3, -0.25) is 0 Å². The molecule has 0 unspecified atom stereocenters. The molecule has 0 atom stereocenters. The molecular weight excluding hydrogens is 287 g/mol. The maximum atomic E-state index is 13.6. The lowest BCUT2D eigenvalue weighted by molar-refractivity contribution is 0.628. The van der Waals surface area contributed by atoms with Crippen LogP contribution in [0.4, 0.5) is 4.39 Å². The van der Waals surface area contributed by atoms with Crippen molar-refractivity contribution in [3.05, 3.63) is 59.0 Å². The van der Waals surface area contributed by atoms with Gasteiger partial charge in [0, 0.05) is 10.9 Å². The summed E-state index contributed by atoms with van der Waals surface area (Å²) in [6, 6.07) is 10.3. The fourth-order valence-electron chi connectivity index (χ4n) is 2.54. The zero-order valence-electron chi connectivity index (χ0n) is 11.8. The largest absolute Gasteiger partial charge is 0.207 e. The topological polar surface area (TPSA) is 25.8 Å². The highest BCUT2D eigenvalue weighted by Crippen LogP contribution is 2.38. The highest BCUT2D eigenvalue weighted by Gasteiger charge is 2.17. The molecule has 0 aliphatic heterocycles. The third kappa shape index (κ3) is 2.49. The Morgan fingerprint density at radius 3 is 2.67 bits per heavy atom. The van der Waals surface area contributed by atoms with Crippen LogP contribution >= 0.6 is 11.6 Å². The number of rotatable bonds is 2. The van der Waals surface area contributed by atoms with Gasteiger partial charge in [-0.05, 0) is 41.3 Å². The Labute approximate surface area is 127 Å². The van der Waals surface area contributed by atoms with E-state index in [2.05, 4.69) is 24.0 Å². The van der Waals surface area contributed by atoms with Gasteiger partial charge in [0.05, 0.1) is 11.2 Å². The molecule has 0 N–H and O–H groups in total. The van der Waals surface area contributed by atoms with E-state index in [-0.39, 0.29) is 11.7 Å². The summed E-state index contributed by atoms with van der Waals surface area (Å²) < 4.78 is 13.6. The van der Waals surface area contributed by atoms with Crippen molar-refractivity contribution >= 4 is 22.5 Å². The number of nitrogens with zero attached hydrogens (tertiary/aromatic N) is 2. The summed E-state index contributed by atoms with van der Waals surface area (Å²) in [6.45, 7) is 4.16. The summed E-state index contributed by atoms with van der Waals surface area (Å²) >= 11 is 6.36. The van der Waals surface area contributed by atoms with Gasteiger partial charge in [-0.2, -0.15) is 5.10 Å². The summed E-state index contributed by atoms with van der Waals surface area (Å²) in [6.07, 6.45) is 1.61. The highest BCUT2D eigenvalue weighted by atomic mass is 35.5. The van der Waals surface area contributed by atoms with E-state index in [0.29, 0.717) is 10.5 Å². The van der Waals surface area contributed by atoms with Gasteiger partial charge in [0.25, 0.3) is 0 Å². The lowest BCUT2D eigenvalue weighted by Gasteiger charge is -2.16. The predicted octanol–water partition coefficient (Wildman–Crippen LogP) is 5.21. The maximum Gasteiger partial charge on any atom is 0.123 e. The zero-order valence-corrected chi connectivity index (χ0v) is 12.5. The van der Waals surface area contributed by atoms with E-state index in [1.807, 2.05) is 18.2 Å². The van der Waals surface area contributed by atoms with Gasteiger partial charge in [-0.15, -0.1) is 5.10 Å². The predicted molar refractivity (Wildman–Crippen MR) is 84.0 cm³/mol. The molecule has 2 nitrogen and oxygen atoms in total. The summed E-state index contributed by atoms with van der Waals surface area (Å²) in [5.41, 5.74) is 3.44. The molecule has 0 fully saturated rings. The van der Waals surface area contributed by atoms with Crippen LogP contribution in [-0.2, 0) is 0 Å². The number of hydrogen-bond acceptors (Lipinski definition) is 2.